The summed E-state index contributed by atoms with van der Waals surface area (Å²) in [6, 6.07) is 13.2. The van der Waals surface area contributed by atoms with E-state index in [9.17, 15) is 23.1 Å². The maximum Gasteiger partial charge on any atom is 0.389 e. The van der Waals surface area contributed by atoms with E-state index in [0.717, 1.165) is 60.2 Å². The SMILES string of the molecule is Cc1nc(-c2ccn3c(-c4cccc(CC(=O)CCC(F)(F)F)c4)cnc3c2)cc(N2CCN(CCO)CC2)n1. The van der Waals surface area contributed by atoms with Crippen molar-refractivity contribution < 1.29 is 23.1 Å². The standard InChI is InChI=1S/C29H31F3N6O2/c1-20-34-25(18-28(35-20)37-11-9-36(10-12-37)13-14-39)22-6-8-38-26(19-33-27(38)17-22)23-4-2-3-21(15-23)16-24(40)5-7-29(30,31)32/h2-4,6,8,15,17-19,39H,5,7,9-14,16H2,1H3. The first-order valence-corrected chi connectivity index (χ1v) is 13.3. The number of anilines is 1. The number of β-amino-alcohol motifs (C(OH)–C–C–N with tert-alkyl or cyclic N) is 1. The van der Waals surface area contributed by atoms with Gasteiger partial charge in [-0.1, -0.05) is 18.2 Å². The minimum Gasteiger partial charge on any atom is -0.395 e. The average Bonchev–Trinajstić information content (AvgIpc) is 3.35. The number of halogens is 3. The fraction of sp³-hybridized carbons (Fsp3) is 0.379. The summed E-state index contributed by atoms with van der Waals surface area (Å²) in [5, 5.41) is 9.20. The van der Waals surface area contributed by atoms with Gasteiger partial charge in [-0.15, -0.1) is 0 Å². The lowest BCUT2D eigenvalue weighted by Crippen LogP contribution is -2.47. The summed E-state index contributed by atoms with van der Waals surface area (Å²) in [6.07, 6.45) is -2.34. The van der Waals surface area contributed by atoms with Gasteiger partial charge in [0.05, 0.1) is 30.6 Å². The van der Waals surface area contributed by atoms with Crippen LogP contribution >= 0.6 is 0 Å². The fourth-order valence-corrected chi connectivity index (χ4v) is 5.00. The van der Waals surface area contributed by atoms with Crippen LogP contribution in [0.15, 0.2) is 54.9 Å². The molecule has 1 aliphatic rings. The highest BCUT2D eigenvalue weighted by molar-refractivity contribution is 5.81. The number of hydrogen-bond acceptors (Lipinski definition) is 7. The molecule has 0 radical (unpaired) electrons. The molecule has 1 aromatic carbocycles. The number of aromatic nitrogens is 4. The van der Waals surface area contributed by atoms with Gasteiger partial charge in [-0.05, 0) is 30.7 Å². The number of Topliss-reactive ketones (excluding diaryl/α,β-unsaturated/α-hetero) is 1. The van der Waals surface area contributed by atoms with Crippen molar-refractivity contribution in [2.45, 2.75) is 32.4 Å². The molecule has 3 aromatic heterocycles. The van der Waals surface area contributed by atoms with Gasteiger partial charge in [-0.25, -0.2) is 15.0 Å². The second kappa shape index (κ2) is 11.7. The zero-order valence-electron chi connectivity index (χ0n) is 22.2. The van der Waals surface area contributed by atoms with Crippen LogP contribution in [0.1, 0.15) is 24.2 Å². The van der Waals surface area contributed by atoms with Gasteiger partial charge in [-0.2, -0.15) is 13.2 Å². The van der Waals surface area contributed by atoms with E-state index in [4.69, 9.17) is 0 Å². The van der Waals surface area contributed by atoms with E-state index < -0.39 is 24.8 Å². The summed E-state index contributed by atoms with van der Waals surface area (Å²) < 4.78 is 39.3. The van der Waals surface area contributed by atoms with Crippen LogP contribution in [-0.2, 0) is 11.2 Å². The number of aliphatic hydroxyl groups excluding tert-OH is 1. The predicted octanol–water partition coefficient (Wildman–Crippen LogP) is 4.34. The van der Waals surface area contributed by atoms with Crippen LogP contribution in [0.4, 0.5) is 19.0 Å². The lowest BCUT2D eigenvalue weighted by Gasteiger charge is -2.35. The van der Waals surface area contributed by atoms with Gasteiger partial charge < -0.3 is 10.0 Å². The largest absolute Gasteiger partial charge is 0.395 e. The molecule has 1 saturated heterocycles. The van der Waals surface area contributed by atoms with E-state index in [1.165, 1.54) is 0 Å². The summed E-state index contributed by atoms with van der Waals surface area (Å²) in [5.41, 5.74) is 4.71. The molecule has 210 valence electrons. The smallest absolute Gasteiger partial charge is 0.389 e. The molecular weight excluding hydrogens is 521 g/mol. The van der Waals surface area contributed by atoms with Crippen molar-refractivity contribution >= 4 is 17.2 Å². The Bertz CT molecular complexity index is 1490. The highest BCUT2D eigenvalue weighted by atomic mass is 19.4. The number of carbonyl (C=O) groups is 1. The molecule has 40 heavy (non-hydrogen) atoms. The Kier molecular flexibility index (Phi) is 8.13. The second-order valence-electron chi connectivity index (χ2n) is 10.0. The Morgan fingerprint density at radius 3 is 2.58 bits per heavy atom. The van der Waals surface area contributed by atoms with Crippen molar-refractivity contribution in [2.24, 2.45) is 0 Å². The molecular formula is C29H31F3N6O2. The Labute approximate surface area is 230 Å². The highest BCUT2D eigenvalue weighted by Crippen LogP contribution is 2.28. The first kappa shape index (κ1) is 27.7. The van der Waals surface area contributed by atoms with E-state index in [0.29, 0.717) is 17.9 Å². The van der Waals surface area contributed by atoms with Gasteiger partial charge in [0.15, 0.2) is 0 Å². The predicted molar refractivity (Wildman–Crippen MR) is 146 cm³/mol. The number of pyridine rings is 1. The number of nitrogens with zero attached hydrogens (tertiary/aromatic N) is 6. The summed E-state index contributed by atoms with van der Waals surface area (Å²) in [6.45, 7) is 6.10. The molecule has 0 amide bonds. The van der Waals surface area contributed by atoms with Crippen LogP contribution in [0.25, 0.3) is 28.2 Å². The summed E-state index contributed by atoms with van der Waals surface area (Å²) in [5.74, 6) is 1.11. The van der Waals surface area contributed by atoms with Crippen molar-refractivity contribution in [3.63, 3.8) is 0 Å². The fourth-order valence-electron chi connectivity index (χ4n) is 5.00. The Morgan fingerprint density at radius 1 is 1.02 bits per heavy atom. The zero-order chi connectivity index (χ0) is 28.3. The Hall–Kier alpha value is -3.83. The zero-order valence-corrected chi connectivity index (χ0v) is 22.2. The summed E-state index contributed by atoms with van der Waals surface area (Å²) in [7, 11) is 0. The van der Waals surface area contributed by atoms with E-state index in [2.05, 4.69) is 24.8 Å². The highest BCUT2D eigenvalue weighted by Gasteiger charge is 2.27. The molecule has 5 rings (SSSR count). The summed E-state index contributed by atoms with van der Waals surface area (Å²) >= 11 is 0. The van der Waals surface area contributed by atoms with E-state index in [-0.39, 0.29) is 13.0 Å². The number of piperazine rings is 1. The number of alkyl halides is 3. The van der Waals surface area contributed by atoms with E-state index >= 15 is 0 Å². The van der Waals surface area contributed by atoms with E-state index in [1.807, 2.05) is 47.9 Å². The van der Waals surface area contributed by atoms with Crippen LogP contribution < -0.4 is 4.90 Å². The third-order valence-corrected chi connectivity index (χ3v) is 7.06. The molecule has 8 nitrogen and oxygen atoms in total. The lowest BCUT2D eigenvalue weighted by atomic mass is 10.0. The Balaban J connectivity index is 1.34. The monoisotopic (exact) mass is 552 g/mol. The molecule has 4 aromatic rings. The molecule has 0 bridgehead atoms. The van der Waals surface area contributed by atoms with Crippen molar-refractivity contribution in [3.8, 4) is 22.5 Å². The van der Waals surface area contributed by atoms with Crippen LogP contribution in [0, 0.1) is 6.92 Å². The number of benzene rings is 1. The number of carbonyl (C=O) groups excluding carboxylic acids is 1. The first-order valence-electron chi connectivity index (χ1n) is 13.3. The molecule has 1 N–H and O–H groups in total. The first-order chi connectivity index (χ1) is 19.2. The van der Waals surface area contributed by atoms with Gasteiger partial charge in [0.25, 0.3) is 0 Å². The van der Waals surface area contributed by atoms with Crippen molar-refractivity contribution in [3.05, 3.63) is 66.2 Å². The van der Waals surface area contributed by atoms with Crippen LogP contribution in [-0.4, -0.2) is 80.6 Å². The third kappa shape index (κ3) is 6.65. The van der Waals surface area contributed by atoms with Gasteiger partial charge in [0, 0.05) is 69.0 Å². The molecule has 4 heterocycles. The average molecular weight is 553 g/mol. The molecule has 0 aliphatic carbocycles. The van der Waals surface area contributed by atoms with Gasteiger partial charge in [0.1, 0.15) is 23.1 Å². The molecule has 0 saturated carbocycles. The molecule has 1 fully saturated rings. The van der Waals surface area contributed by atoms with Crippen molar-refractivity contribution in [1.82, 2.24) is 24.3 Å². The minimum absolute atomic E-state index is 0.0450. The molecule has 0 unspecified atom stereocenters. The van der Waals surface area contributed by atoms with Gasteiger partial charge in [-0.3, -0.25) is 14.1 Å². The van der Waals surface area contributed by atoms with Crippen LogP contribution in [0.2, 0.25) is 0 Å². The molecule has 0 spiro atoms. The number of fused-ring (bicyclic) bond motifs is 1. The third-order valence-electron chi connectivity index (χ3n) is 7.06. The molecule has 11 heteroatoms. The minimum atomic E-state index is -4.34. The lowest BCUT2D eigenvalue weighted by molar-refractivity contribution is -0.143. The van der Waals surface area contributed by atoms with Crippen LogP contribution in [0.3, 0.4) is 0 Å². The van der Waals surface area contributed by atoms with Crippen molar-refractivity contribution in [2.75, 3.05) is 44.2 Å². The maximum atomic E-state index is 12.5. The Morgan fingerprint density at radius 2 is 1.82 bits per heavy atom. The number of hydrogen-bond donors (Lipinski definition) is 1. The molecule has 0 atom stereocenters. The van der Waals surface area contributed by atoms with E-state index in [1.54, 1.807) is 18.3 Å². The quantitative estimate of drug-likeness (QED) is 0.331. The van der Waals surface area contributed by atoms with Gasteiger partial charge in [0.2, 0.25) is 0 Å². The number of aliphatic hydroxyl groups is 1. The van der Waals surface area contributed by atoms with Crippen LogP contribution in [0.5, 0.6) is 0 Å². The number of rotatable bonds is 9. The number of aryl methyl sites for hydroxylation is 1. The normalized spacial score (nSPS) is 14.7. The molecule has 1 aliphatic heterocycles. The number of ketones is 1. The summed E-state index contributed by atoms with van der Waals surface area (Å²) in [4.78, 5) is 30.5. The topological polar surface area (TPSA) is 86.9 Å². The van der Waals surface area contributed by atoms with Crippen molar-refractivity contribution in [1.29, 1.82) is 0 Å². The maximum absolute atomic E-state index is 12.5. The van der Waals surface area contributed by atoms with Gasteiger partial charge >= 0.3 is 6.18 Å². The number of imidazole rings is 1. The second-order valence-corrected chi connectivity index (χ2v) is 10.0.